The van der Waals surface area contributed by atoms with E-state index in [1.807, 2.05) is 37.2 Å². The predicted octanol–water partition coefficient (Wildman–Crippen LogP) is 4.20. The number of urea groups is 1. The molecule has 2 amide bonds. The number of nitrogens with zero attached hydrogens (tertiary/aromatic N) is 4. The molecule has 0 unspecified atom stereocenters. The van der Waals surface area contributed by atoms with Gasteiger partial charge in [-0.15, -0.1) is 0 Å². The summed E-state index contributed by atoms with van der Waals surface area (Å²) in [6.45, 7) is 3.84. The Morgan fingerprint density at radius 1 is 1.12 bits per heavy atom. The van der Waals surface area contributed by atoms with Crippen LogP contribution in [0.1, 0.15) is 24.1 Å². The highest BCUT2D eigenvalue weighted by Gasteiger charge is 2.31. The molecule has 0 spiro atoms. The van der Waals surface area contributed by atoms with Gasteiger partial charge in [-0.1, -0.05) is 12.1 Å². The third-order valence-electron chi connectivity index (χ3n) is 5.90. The van der Waals surface area contributed by atoms with Crippen molar-refractivity contribution in [1.29, 1.82) is 0 Å². The van der Waals surface area contributed by atoms with Crippen LogP contribution in [0.25, 0.3) is 0 Å². The van der Waals surface area contributed by atoms with E-state index in [1.54, 1.807) is 11.1 Å². The van der Waals surface area contributed by atoms with Gasteiger partial charge in [-0.25, -0.2) is 4.79 Å². The summed E-state index contributed by atoms with van der Waals surface area (Å²) in [7, 11) is 3.87. The number of anilines is 1. The number of pyridine rings is 1. The Bertz CT molecular complexity index is 883. The first kappa shape index (κ1) is 25.0. The second-order valence-corrected chi connectivity index (χ2v) is 8.65. The van der Waals surface area contributed by atoms with E-state index in [-0.39, 0.29) is 17.8 Å². The Labute approximate surface area is 193 Å². The number of halogens is 3. The van der Waals surface area contributed by atoms with Crippen molar-refractivity contribution in [2.75, 3.05) is 52.1 Å². The highest BCUT2D eigenvalue weighted by molar-refractivity contribution is 5.89. The zero-order chi connectivity index (χ0) is 23.8. The molecule has 2 heterocycles. The van der Waals surface area contributed by atoms with Gasteiger partial charge in [0.05, 0.1) is 5.56 Å². The number of amides is 2. The van der Waals surface area contributed by atoms with Crippen molar-refractivity contribution in [2.45, 2.75) is 31.5 Å². The van der Waals surface area contributed by atoms with Crippen molar-refractivity contribution in [3.05, 3.63) is 59.9 Å². The van der Waals surface area contributed by atoms with Gasteiger partial charge in [-0.05, 0) is 57.3 Å². The van der Waals surface area contributed by atoms with E-state index in [0.717, 1.165) is 56.7 Å². The number of hydrogen-bond donors (Lipinski definition) is 1. The van der Waals surface area contributed by atoms with E-state index in [9.17, 15) is 18.0 Å². The Kier molecular flexibility index (Phi) is 8.68. The predicted molar refractivity (Wildman–Crippen MR) is 123 cm³/mol. The Morgan fingerprint density at radius 2 is 1.88 bits per heavy atom. The van der Waals surface area contributed by atoms with Gasteiger partial charge in [0, 0.05) is 62.8 Å². The second kappa shape index (κ2) is 11.5. The average molecular weight is 464 g/mol. The van der Waals surface area contributed by atoms with Crippen LogP contribution in [0.3, 0.4) is 0 Å². The number of nitrogens with one attached hydrogen (secondary N) is 1. The van der Waals surface area contributed by atoms with Crippen molar-refractivity contribution in [3.63, 3.8) is 0 Å². The van der Waals surface area contributed by atoms with Crippen molar-refractivity contribution >= 4 is 11.7 Å². The number of likely N-dealkylation sites (tertiary alicyclic amines) is 1. The molecule has 0 radical (unpaired) electrons. The minimum atomic E-state index is -4.45. The summed E-state index contributed by atoms with van der Waals surface area (Å²) >= 11 is 0. The van der Waals surface area contributed by atoms with Crippen LogP contribution in [0.5, 0.6) is 0 Å². The lowest BCUT2D eigenvalue weighted by Crippen LogP contribution is -2.50. The van der Waals surface area contributed by atoms with Crippen LogP contribution in [0.2, 0.25) is 0 Å². The summed E-state index contributed by atoms with van der Waals surface area (Å²) in [6, 6.07) is 10.4. The summed E-state index contributed by atoms with van der Waals surface area (Å²) in [4.78, 5) is 23.6. The monoisotopic (exact) mass is 463 g/mol. The molecule has 1 saturated heterocycles. The molecule has 3 rings (SSSR count). The quantitative estimate of drug-likeness (QED) is 0.638. The lowest BCUT2D eigenvalue weighted by atomic mass is 10.0. The van der Waals surface area contributed by atoms with Gasteiger partial charge in [0.2, 0.25) is 0 Å². The number of hydrogen-bond acceptors (Lipinski definition) is 4. The van der Waals surface area contributed by atoms with Gasteiger partial charge in [0.1, 0.15) is 0 Å². The third kappa shape index (κ3) is 7.71. The molecule has 1 N–H and O–H groups in total. The van der Waals surface area contributed by atoms with Crippen molar-refractivity contribution in [3.8, 4) is 0 Å². The van der Waals surface area contributed by atoms with Gasteiger partial charge in [0.15, 0.2) is 0 Å². The fourth-order valence-corrected chi connectivity index (χ4v) is 4.00. The van der Waals surface area contributed by atoms with Crippen LogP contribution in [0.4, 0.5) is 23.7 Å². The Balaban J connectivity index is 1.59. The van der Waals surface area contributed by atoms with E-state index < -0.39 is 11.7 Å². The van der Waals surface area contributed by atoms with Gasteiger partial charge in [-0.2, -0.15) is 13.2 Å². The Hall–Kier alpha value is -2.65. The van der Waals surface area contributed by atoms with E-state index in [2.05, 4.69) is 15.2 Å². The molecule has 0 saturated carbocycles. The molecule has 1 aromatic carbocycles. The number of rotatable bonds is 8. The molecule has 0 atom stereocenters. The van der Waals surface area contributed by atoms with Crippen LogP contribution in [0, 0.1) is 0 Å². The summed E-state index contributed by atoms with van der Waals surface area (Å²) in [6.07, 6.45) is -0.121. The van der Waals surface area contributed by atoms with Crippen molar-refractivity contribution in [1.82, 2.24) is 19.7 Å². The summed E-state index contributed by atoms with van der Waals surface area (Å²) < 4.78 is 39.1. The van der Waals surface area contributed by atoms with Crippen LogP contribution in [-0.4, -0.2) is 78.6 Å². The number of carbonyl (C=O) groups excluding carboxylic acids is 1. The molecular weight excluding hydrogens is 431 g/mol. The van der Waals surface area contributed by atoms with Crippen molar-refractivity contribution in [2.24, 2.45) is 0 Å². The fourth-order valence-electron chi connectivity index (χ4n) is 4.00. The number of aromatic nitrogens is 1. The highest BCUT2D eigenvalue weighted by Crippen LogP contribution is 2.30. The molecule has 6 nitrogen and oxygen atoms in total. The standard InChI is InChI=1S/C24H32F3N5O/c1-30(2)16-17-32(23(33)29-21-8-5-6-19(18-21)24(25,26)27)22-10-14-31(15-11-22)13-9-20-7-3-4-12-28-20/h3-8,12,18,22H,9-11,13-17H2,1-2H3,(H,29,33). The summed E-state index contributed by atoms with van der Waals surface area (Å²) in [5, 5.41) is 2.68. The molecule has 2 aromatic rings. The molecule has 1 aromatic heterocycles. The van der Waals surface area contributed by atoms with E-state index in [0.29, 0.717) is 13.1 Å². The van der Waals surface area contributed by atoms with Gasteiger partial charge in [-0.3, -0.25) is 4.98 Å². The Morgan fingerprint density at radius 3 is 2.52 bits per heavy atom. The molecule has 180 valence electrons. The smallest absolute Gasteiger partial charge is 0.320 e. The van der Waals surface area contributed by atoms with Gasteiger partial charge < -0.3 is 20.0 Å². The maximum atomic E-state index is 13.1. The van der Waals surface area contributed by atoms with Crippen molar-refractivity contribution < 1.29 is 18.0 Å². The minimum Gasteiger partial charge on any atom is -0.320 e. The van der Waals surface area contributed by atoms with Gasteiger partial charge in [0.25, 0.3) is 0 Å². The maximum Gasteiger partial charge on any atom is 0.416 e. The van der Waals surface area contributed by atoms with E-state index in [4.69, 9.17) is 0 Å². The first-order valence-corrected chi connectivity index (χ1v) is 11.2. The summed E-state index contributed by atoms with van der Waals surface area (Å²) in [5.41, 5.74) is 0.437. The number of benzene rings is 1. The topological polar surface area (TPSA) is 51.7 Å². The molecule has 1 fully saturated rings. The molecule has 0 bridgehead atoms. The third-order valence-corrected chi connectivity index (χ3v) is 5.90. The second-order valence-electron chi connectivity index (χ2n) is 8.65. The van der Waals surface area contributed by atoms with E-state index >= 15 is 0 Å². The lowest BCUT2D eigenvalue weighted by molar-refractivity contribution is -0.137. The number of alkyl halides is 3. The van der Waals surface area contributed by atoms with Crippen LogP contribution < -0.4 is 5.32 Å². The maximum absolute atomic E-state index is 13.1. The van der Waals surface area contributed by atoms with Gasteiger partial charge >= 0.3 is 12.2 Å². The summed E-state index contributed by atoms with van der Waals surface area (Å²) in [5.74, 6) is 0. The van der Waals surface area contributed by atoms with Crippen LogP contribution in [-0.2, 0) is 12.6 Å². The normalized spacial score (nSPS) is 15.6. The fraction of sp³-hybridized carbons (Fsp3) is 0.500. The molecule has 1 aliphatic rings. The lowest BCUT2D eigenvalue weighted by Gasteiger charge is -2.39. The number of piperidine rings is 1. The zero-order valence-corrected chi connectivity index (χ0v) is 19.2. The first-order valence-electron chi connectivity index (χ1n) is 11.2. The minimum absolute atomic E-state index is 0.0434. The number of likely N-dealkylation sites (N-methyl/N-ethyl adjacent to an activating group) is 1. The SMILES string of the molecule is CN(C)CCN(C(=O)Nc1cccc(C(F)(F)F)c1)C1CCN(CCc2ccccn2)CC1. The molecule has 33 heavy (non-hydrogen) atoms. The van der Waals surface area contributed by atoms with Crippen LogP contribution in [0.15, 0.2) is 48.7 Å². The first-order chi connectivity index (χ1) is 15.7. The molecule has 9 heteroatoms. The zero-order valence-electron chi connectivity index (χ0n) is 19.2. The molecule has 0 aliphatic carbocycles. The molecular formula is C24H32F3N5O. The average Bonchev–Trinajstić information content (AvgIpc) is 2.79. The van der Waals surface area contributed by atoms with Crippen LogP contribution >= 0.6 is 0 Å². The number of carbonyl (C=O) groups is 1. The molecule has 1 aliphatic heterocycles. The van der Waals surface area contributed by atoms with E-state index in [1.165, 1.54) is 12.1 Å². The largest absolute Gasteiger partial charge is 0.416 e. The highest BCUT2D eigenvalue weighted by atomic mass is 19.4.